The summed E-state index contributed by atoms with van der Waals surface area (Å²) in [5.74, 6) is -0.107. The molecule has 0 spiro atoms. The summed E-state index contributed by atoms with van der Waals surface area (Å²) < 4.78 is 0. The number of hydrogen-bond acceptors (Lipinski definition) is 2. The number of likely N-dealkylation sites (tertiary alicyclic amines) is 1. The Bertz CT molecular complexity index is 554. The van der Waals surface area contributed by atoms with Gasteiger partial charge >= 0.3 is 6.03 Å². The molecule has 1 aromatic rings. The van der Waals surface area contributed by atoms with Crippen LogP contribution in [0.2, 0.25) is 0 Å². The smallest absolute Gasteiger partial charge is 0.319 e. The fourth-order valence-corrected chi connectivity index (χ4v) is 3.57. The van der Waals surface area contributed by atoms with Crippen LogP contribution in [0.1, 0.15) is 38.2 Å². The molecule has 118 valence electrons. The van der Waals surface area contributed by atoms with Crippen LogP contribution in [0, 0.1) is 0 Å². The Morgan fingerprint density at radius 3 is 2.45 bits per heavy atom. The van der Waals surface area contributed by atoms with Gasteiger partial charge in [-0.1, -0.05) is 37.3 Å². The number of piperidine rings is 1. The van der Waals surface area contributed by atoms with Crippen LogP contribution in [0.4, 0.5) is 4.79 Å². The second-order valence-electron chi connectivity index (χ2n) is 6.26. The molecule has 0 aliphatic carbocycles. The molecule has 0 aromatic heterocycles. The monoisotopic (exact) mass is 302 g/mol. The number of urea groups is 1. The van der Waals surface area contributed by atoms with Gasteiger partial charge in [0.1, 0.15) is 5.54 Å². The highest BCUT2D eigenvalue weighted by Gasteiger charge is 2.52. The maximum absolute atomic E-state index is 13.0. The number of amides is 3. The highest BCUT2D eigenvalue weighted by molar-refractivity contribution is 6.07. The lowest BCUT2D eigenvalue weighted by atomic mass is 9.87. The molecule has 2 aliphatic rings. The lowest BCUT2D eigenvalue weighted by Gasteiger charge is -2.28. The lowest BCUT2D eigenvalue weighted by molar-refractivity contribution is -0.912. The SMILES string of the molecule is CC[C@]1(c2ccccc2)NC(=O)N(C[NH+]2CCCCC2)C1=O. The number of hydrogen-bond donors (Lipinski definition) is 2. The summed E-state index contributed by atoms with van der Waals surface area (Å²) in [5.41, 5.74) is -0.0277. The minimum Gasteiger partial charge on any atom is -0.319 e. The second-order valence-corrected chi connectivity index (χ2v) is 6.26. The molecule has 2 heterocycles. The molecule has 1 aromatic carbocycles. The van der Waals surface area contributed by atoms with E-state index in [0.29, 0.717) is 13.1 Å². The van der Waals surface area contributed by atoms with E-state index >= 15 is 0 Å². The third kappa shape index (κ3) is 2.50. The highest BCUT2D eigenvalue weighted by Crippen LogP contribution is 2.31. The Morgan fingerprint density at radius 2 is 1.82 bits per heavy atom. The zero-order valence-electron chi connectivity index (χ0n) is 13.1. The molecule has 0 saturated carbocycles. The number of quaternary nitrogens is 1. The van der Waals surface area contributed by atoms with Crippen molar-refractivity contribution in [3.05, 3.63) is 35.9 Å². The maximum Gasteiger partial charge on any atom is 0.329 e. The Morgan fingerprint density at radius 1 is 1.14 bits per heavy atom. The fourth-order valence-electron chi connectivity index (χ4n) is 3.57. The Balaban J connectivity index is 1.83. The van der Waals surface area contributed by atoms with Gasteiger partial charge in [0.15, 0.2) is 6.67 Å². The van der Waals surface area contributed by atoms with Crippen LogP contribution in [0.3, 0.4) is 0 Å². The minimum absolute atomic E-state index is 0.107. The van der Waals surface area contributed by atoms with E-state index in [1.165, 1.54) is 29.1 Å². The average Bonchev–Trinajstić information content (AvgIpc) is 2.82. The van der Waals surface area contributed by atoms with E-state index in [1.807, 2.05) is 37.3 Å². The van der Waals surface area contributed by atoms with Crippen molar-refractivity contribution in [2.24, 2.45) is 0 Å². The molecule has 2 saturated heterocycles. The van der Waals surface area contributed by atoms with Crippen molar-refractivity contribution < 1.29 is 14.5 Å². The molecule has 0 unspecified atom stereocenters. The van der Waals surface area contributed by atoms with Crippen LogP contribution < -0.4 is 10.2 Å². The van der Waals surface area contributed by atoms with Crippen molar-refractivity contribution in [3.8, 4) is 0 Å². The van der Waals surface area contributed by atoms with E-state index in [4.69, 9.17) is 0 Å². The van der Waals surface area contributed by atoms with Crippen molar-refractivity contribution in [2.75, 3.05) is 19.8 Å². The van der Waals surface area contributed by atoms with E-state index in [9.17, 15) is 9.59 Å². The van der Waals surface area contributed by atoms with Gasteiger partial charge in [-0.2, -0.15) is 0 Å². The zero-order chi connectivity index (χ0) is 15.6. The van der Waals surface area contributed by atoms with Crippen molar-refractivity contribution in [3.63, 3.8) is 0 Å². The molecular weight excluding hydrogens is 278 g/mol. The van der Waals surface area contributed by atoms with Gasteiger partial charge in [-0.15, -0.1) is 0 Å². The maximum atomic E-state index is 13.0. The number of rotatable bonds is 4. The molecule has 2 N–H and O–H groups in total. The molecule has 2 fully saturated rings. The largest absolute Gasteiger partial charge is 0.329 e. The number of nitrogens with one attached hydrogen (secondary N) is 2. The quantitative estimate of drug-likeness (QED) is 0.811. The second kappa shape index (κ2) is 6.08. The van der Waals surface area contributed by atoms with Crippen molar-refractivity contribution in [2.45, 2.75) is 38.1 Å². The van der Waals surface area contributed by atoms with Crippen LogP contribution in [-0.2, 0) is 10.3 Å². The van der Waals surface area contributed by atoms with Crippen LogP contribution >= 0.6 is 0 Å². The third-order valence-electron chi connectivity index (χ3n) is 4.92. The first kappa shape index (κ1) is 15.0. The molecule has 2 aliphatic heterocycles. The van der Waals surface area contributed by atoms with Gasteiger partial charge in [0.05, 0.1) is 13.1 Å². The van der Waals surface area contributed by atoms with Crippen molar-refractivity contribution in [1.82, 2.24) is 10.2 Å². The number of carbonyl (C=O) groups excluding carboxylic acids is 2. The first-order chi connectivity index (χ1) is 10.7. The molecule has 22 heavy (non-hydrogen) atoms. The molecule has 3 amide bonds. The first-order valence-electron chi connectivity index (χ1n) is 8.20. The Kier molecular flexibility index (Phi) is 4.16. The van der Waals surface area contributed by atoms with Gasteiger partial charge in [-0.05, 0) is 31.2 Å². The molecular formula is C17H24N3O2+. The molecule has 0 bridgehead atoms. The number of imide groups is 1. The minimum atomic E-state index is -0.895. The lowest BCUT2D eigenvalue weighted by Crippen LogP contribution is -3.14. The van der Waals surface area contributed by atoms with Crippen molar-refractivity contribution in [1.29, 1.82) is 0 Å². The zero-order valence-corrected chi connectivity index (χ0v) is 13.1. The summed E-state index contributed by atoms with van der Waals surface area (Å²) in [5, 5.41) is 2.95. The average molecular weight is 302 g/mol. The predicted molar refractivity (Wildman–Crippen MR) is 83.2 cm³/mol. The summed E-state index contributed by atoms with van der Waals surface area (Å²) >= 11 is 0. The number of carbonyl (C=O) groups is 2. The van der Waals surface area contributed by atoms with Crippen LogP contribution in [-0.4, -0.2) is 36.6 Å². The Labute approximate surface area is 131 Å². The van der Waals surface area contributed by atoms with Crippen molar-refractivity contribution >= 4 is 11.9 Å². The predicted octanol–water partition coefficient (Wildman–Crippen LogP) is 0.870. The molecule has 0 radical (unpaired) electrons. The van der Waals surface area contributed by atoms with Crippen LogP contribution in [0.25, 0.3) is 0 Å². The van der Waals surface area contributed by atoms with E-state index < -0.39 is 5.54 Å². The Hall–Kier alpha value is -1.88. The summed E-state index contributed by atoms with van der Waals surface area (Å²) in [6.07, 6.45) is 4.17. The van der Waals surface area contributed by atoms with Gasteiger partial charge in [-0.25, -0.2) is 9.69 Å². The van der Waals surface area contributed by atoms with E-state index in [2.05, 4.69) is 5.32 Å². The molecule has 5 nitrogen and oxygen atoms in total. The van der Waals surface area contributed by atoms with Crippen LogP contribution in [0.15, 0.2) is 30.3 Å². The number of benzene rings is 1. The van der Waals surface area contributed by atoms with Crippen LogP contribution in [0.5, 0.6) is 0 Å². The van der Waals surface area contributed by atoms with Gasteiger partial charge in [0, 0.05) is 0 Å². The van der Waals surface area contributed by atoms with Gasteiger partial charge in [0.25, 0.3) is 5.91 Å². The normalized spacial score (nSPS) is 26.3. The highest BCUT2D eigenvalue weighted by atomic mass is 16.2. The van der Waals surface area contributed by atoms with Gasteiger partial charge < -0.3 is 10.2 Å². The van der Waals surface area contributed by atoms with E-state index in [-0.39, 0.29) is 11.9 Å². The summed E-state index contributed by atoms with van der Waals surface area (Å²) in [6.45, 7) is 4.52. The first-order valence-corrected chi connectivity index (χ1v) is 8.20. The van der Waals surface area contributed by atoms with Gasteiger partial charge in [-0.3, -0.25) is 4.79 Å². The topological polar surface area (TPSA) is 53.9 Å². The van der Waals surface area contributed by atoms with E-state index in [1.54, 1.807) is 0 Å². The molecule has 5 heteroatoms. The number of nitrogens with zero attached hydrogens (tertiary/aromatic N) is 1. The standard InChI is InChI=1S/C17H23N3O2/c1-2-17(14-9-5-3-6-10-14)15(21)20(16(22)18-17)13-19-11-7-4-8-12-19/h3,5-6,9-10H,2,4,7-8,11-13H2,1H3,(H,18,22)/p+1/t17-/m1/s1. The summed E-state index contributed by atoms with van der Waals surface area (Å²) in [6, 6.07) is 9.31. The fraction of sp³-hybridized carbons (Fsp3) is 0.529. The summed E-state index contributed by atoms with van der Waals surface area (Å²) in [7, 11) is 0. The summed E-state index contributed by atoms with van der Waals surface area (Å²) in [4.78, 5) is 28.1. The molecule has 1 atom stereocenters. The third-order valence-corrected chi connectivity index (χ3v) is 4.92. The molecule has 3 rings (SSSR count). The van der Waals surface area contributed by atoms with E-state index in [0.717, 1.165) is 18.7 Å². The van der Waals surface area contributed by atoms with Gasteiger partial charge in [0.2, 0.25) is 0 Å².